The highest BCUT2D eigenvalue weighted by atomic mass is 32.2. The molecule has 2 aliphatic rings. The lowest BCUT2D eigenvalue weighted by molar-refractivity contribution is -0.437. The molecule has 2 aliphatic heterocycles. The van der Waals surface area contributed by atoms with Gasteiger partial charge < -0.3 is 31.3 Å². The van der Waals surface area contributed by atoms with Gasteiger partial charge in [-0.15, -0.1) is 13.0 Å². The minimum Gasteiger partial charge on any atom is -0.481 e. The monoisotopic (exact) mass is 1580 g/mol. The number of aliphatic carboxylic acids is 1. The first-order valence-corrected chi connectivity index (χ1v) is 39.9. The molecule has 2 aromatic heterocycles. The highest BCUT2D eigenvalue weighted by Gasteiger charge is 2.47. The standard InChI is InChI=1S/C62H70N8O27S7/c1-61(2)53(70(22-9-25-101(80,81)82)48-34-50(100-97-94-79)42-28-36(13-15-40(42)55(48)61)38-30-44(57(73)63-17-23-98-95-92-77)67-45(31-38)58(74)64-18-24-99-96-93-78)11-8-10-52-62(3,4)56-41-16-14-37(29-43(41)51(104(89,90)91)35-49(56)69(52)21-7-5-6-12-54(71)72)39-32-46(59(75)65-19-26-102(83,84)85)68-47(33-39)60(76)66-20-27-103(86,87)88/h8,10-11,13-16,28-35H,5-7,9,12,17-27H2,1-4H3,(H11-,63,64,65,66,71,72,73,74,75,76,77,78,79,80,81,82,83,84,85,86,87,88,89,90,91)/p+1. The Morgan fingerprint density at radius 2 is 1.03 bits per heavy atom. The van der Waals surface area contributed by atoms with E-state index in [4.69, 9.17) is 14.8 Å². The van der Waals surface area contributed by atoms with E-state index in [0.717, 1.165) is 0 Å². The van der Waals surface area contributed by atoms with Gasteiger partial charge in [-0.25, -0.2) is 25.7 Å². The number of benzene rings is 4. The summed E-state index contributed by atoms with van der Waals surface area (Å²) in [5.74, 6) is -6.71. The second kappa shape index (κ2) is 35.2. The van der Waals surface area contributed by atoms with Crippen LogP contribution in [0.3, 0.4) is 0 Å². The van der Waals surface area contributed by atoms with Crippen molar-refractivity contribution in [1.29, 1.82) is 0 Å². The number of carboxylic acids is 1. The SMILES string of the molecule is CC1(C)C(/C=C/C=C2/N(CCCCCC(=O)O)c3cc(S(=O)(=O)O)c4cc(-c5cc(C(=O)NCCS(=O)(=O)O)nc(C(=O)NCCS(=O)(=O)O)c5)ccc4c3C2(C)C)=[N+](CCCS(=O)(=O)O)c2cc(SOOO)c3cc(-c4cc(C(=O)NCCSOOO)nc(C(=O)NCCSOOO)c4)ccc3c21. The number of allylic oxidation sites excluding steroid dienone is 4. The first-order valence-electron chi connectivity index (χ1n) is 31.1. The second-order valence-corrected chi connectivity index (χ2v) is 32.6. The Labute approximate surface area is 608 Å². The molecule has 0 unspecified atom stereocenters. The molecule has 0 radical (unpaired) electrons. The molecule has 0 spiro atoms. The summed E-state index contributed by atoms with van der Waals surface area (Å²) < 4.78 is 153. The highest BCUT2D eigenvalue weighted by Crippen LogP contribution is 2.54. The first kappa shape index (κ1) is 82.0. The van der Waals surface area contributed by atoms with Crippen LogP contribution in [0.4, 0.5) is 11.4 Å². The Morgan fingerprint density at radius 3 is 1.50 bits per heavy atom. The molecule has 104 heavy (non-hydrogen) atoms. The van der Waals surface area contributed by atoms with Gasteiger partial charge >= 0.3 is 5.97 Å². The van der Waals surface area contributed by atoms with Crippen molar-refractivity contribution in [3.8, 4) is 22.3 Å². The number of unbranched alkanes of at least 4 members (excludes halogenated alkanes) is 2. The fourth-order valence-electron chi connectivity index (χ4n) is 12.1. The van der Waals surface area contributed by atoms with Crippen molar-refractivity contribution in [2.45, 2.75) is 80.4 Å². The average molecular weight is 1580 g/mol. The van der Waals surface area contributed by atoms with Gasteiger partial charge in [0.2, 0.25) is 5.69 Å². The van der Waals surface area contributed by atoms with Crippen LogP contribution in [-0.2, 0) is 84.2 Å². The number of pyridine rings is 2. The number of nitrogens with one attached hydrogen (secondary N) is 4. The molecular formula is C62H71N8O27S7+. The summed E-state index contributed by atoms with van der Waals surface area (Å²) >= 11 is 1.97. The third kappa shape index (κ3) is 21.1. The number of nitrogens with zero attached hydrogens (tertiary/aromatic N) is 4. The van der Waals surface area contributed by atoms with Crippen molar-refractivity contribution in [3.63, 3.8) is 0 Å². The Bertz CT molecular complexity index is 4770. The predicted octanol–water partition coefficient (Wildman–Crippen LogP) is 7.16. The summed E-state index contributed by atoms with van der Waals surface area (Å²) in [6.07, 6.45) is 6.11. The fourth-order valence-corrected chi connectivity index (χ4v) is 15.2. The van der Waals surface area contributed by atoms with E-state index in [9.17, 15) is 86.2 Å². The lowest BCUT2D eigenvalue weighted by atomic mass is 9.78. The zero-order valence-corrected chi connectivity index (χ0v) is 61.2. The molecule has 0 aliphatic carbocycles. The molecule has 35 nitrogen and oxygen atoms in total. The van der Waals surface area contributed by atoms with Crippen molar-refractivity contribution < 1.29 is 129 Å². The molecule has 0 saturated carbocycles. The van der Waals surface area contributed by atoms with E-state index in [-0.39, 0.29) is 84.8 Å². The maximum absolute atomic E-state index is 13.8. The van der Waals surface area contributed by atoms with E-state index in [1.807, 2.05) is 37.2 Å². The Hall–Kier alpha value is -7.67. The minimum atomic E-state index is -5.16. The normalized spacial score (nSPS) is 14.7. The summed E-state index contributed by atoms with van der Waals surface area (Å²) in [5.41, 5.74) is 0.661. The van der Waals surface area contributed by atoms with Crippen molar-refractivity contribution in [2.75, 3.05) is 72.9 Å². The fraction of sp³-hybridized carbons (Fsp3) is 0.355. The second-order valence-electron chi connectivity index (χ2n) is 24.2. The average Bonchev–Trinajstić information content (AvgIpc) is 1.55. The van der Waals surface area contributed by atoms with Crippen LogP contribution in [-0.4, -0.2) is 191 Å². The molecule has 0 saturated heterocycles. The lowest BCUT2D eigenvalue weighted by Gasteiger charge is -2.27. The zero-order chi connectivity index (χ0) is 76.1. The van der Waals surface area contributed by atoms with Gasteiger partial charge in [0.15, 0.2) is 5.71 Å². The number of aromatic nitrogens is 2. The van der Waals surface area contributed by atoms with Gasteiger partial charge in [0.1, 0.15) is 34.2 Å². The van der Waals surface area contributed by atoms with Crippen LogP contribution in [0.5, 0.6) is 0 Å². The predicted molar refractivity (Wildman–Crippen MR) is 379 cm³/mol. The van der Waals surface area contributed by atoms with Gasteiger partial charge in [-0.05, 0) is 119 Å². The topological polar surface area (TPSA) is 519 Å². The van der Waals surface area contributed by atoms with Crippen molar-refractivity contribution in [3.05, 3.63) is 131 Å². The number of carboxylic acid groups (broad SMARTS) is 1. The quantitative estimate of drug-likeness (QED) is 0.00456. The molecule has 42 heteroatoms. The van der Waals surface area contributed by atoms with Crippen LogP contribution in [0.15, 0.2) is 107 Å². The van der Waals surface area contributed by atoms with Crippen LogP contribution in [0.25, 0.3) is 43.8 Å². The summed E-state index contributed by atoms with van der Waals surface area (Å²) in [7, 11) is -18.8. The third-order valence-electron chi connectivity index (χ3n) is 16.5. The molecule has 0 fully saturated rings. The maximum atomic E-state index is 13.8. The number of anilines is 1. The number of carbonyl (C=O) groups excluding carboxylic acids is 4. The number of carbonyl (C=O) groups is 5. The summed E-state index contributed by atoms with van der Waals surface area (Å²) in [4.78, 5) is 75.8. The van der Waals surface area contributed by atoms with Gasteiger partial charge in [-0.3, -0.25) is 42.2 Å². The molecule has 12 N–H and O–H groups in total. The van der Waals surface area contributed by atoms with Gasteiger partial charge in [-0.1, -0.05) is 65.7 Å². The number of fused-ring (bicyclic) bond motifs is 6. The maximum Gasteiger partial charge on any atom is 0.303 e. The van der Waals surface area contributed by atoms with Crippen LogP contribution in [0.1, 0.15) is 113 Å². The number of hydrogen-bond donors (Lipinski definition) is 12. The van der Waals surface area contributed by atoms with Crippen molar-refractivity contribution >= 4 is 145 Å². The Morgan fingerprint density at radius 1 is 0.548 bits per heavy atom. The summed E-state index contributed by atoms with van der Waals surface area (Å²) in [6.45, 7) is 6.48. The molecule has 0 bridgehead atoms. The molecule has 0 atom stereocenters. The van der Waals surface area contributed by atoms with Crippen molar-refractivity contribution in [1.82, 2.24) is 31.2 Å². The number of rotatable bonds is 38. The smallest absolute Gasteiger partial charge is 0.303 e. The van der Waals surface area contributed by atoms with Crippen LogP contribution < -0.4 is 26.2 Å². The highest BCUT2D eigenvalue weighted by molar-refractivity contribution is 7.95. The van der Waals surface area contributed by atoms with Crippen LogP contribution in [0, 0.1) is 0 Å². The lowest BCUT2D eigenvalue weighted by Crippen LogP contribution is -2.32. The van der Waals surface area contributed by atoms with Gasteiger partial charge in [0.05, 0.1) is 39.6 Å². The van der Waals surface area contributed by atoms with E-state index in [1.54, 1.807) is 48.6 Å². The van der Waals surface area contributed by atoms with Crippen LogP contribution in [0.2, 0.25) is 0 Å². The minimum absolute atomic E-state index is 0.000857. The zero-order valence-electron chi connectivity index (χ0n) is 55.5. The van der Waals surface area contributed by atoms with Gasteiger partial charge in [0.25, 0.3) is 64.1 Å². The molecule has 4 amide bonds. The molecule has 4 aromatic carbocycles. The summed E-state index contributed by atoms with van der Waals surface area (Å²) in [6, 6.07) is 17.9. The Balaban J connectivity index is 1.26. The van der Waals surface area contributed by atoms with Gasteiger partial charge in [-0.2, -0.15) is 38.2 Å². The van der Waals surface area contributed by atoms with Gasteiger partial charge in [0, 0.05) is 121 Å². The number of hydrogen-bond acceptors (Lipinski definition) is 28. The largest absolute Gasteiger partial charge is 0.481 e. The van der Waals surface area contributed by atoms with E-state index >= 15 is 0 Å². The van der Waals surface area contributed by atoms with E-state index in [0.29, 0.717) is 115 Å². The summed E-state index contributed by atoms with van der Waals surface area (Å²) in [5, 5.41) is 58.5. The molecule has 4 heterocycles. The van der Waals surface area contributed by atoms with Crippen molar-refractivity contribution in [2.24, 2.45) is 0 Å². The molecule has 6 aromatic rings. The third-order valence-corrected chi connectivity index (χ3v) is 21.3. The van der Waals surface area contributed by atoms with E-state index in [1.165, 1.54) is 42.5 Å². The Kier molecular flexibility index (Phi) is 27.7. The molecule has 562 valence electrons. The van der Waals surface area contributed by atoms with E-state index < -0.39 is 128 Å². The van der Waals surface area contributed by atoms with Crippen LogP contribution >= 0.6 is 36.1 Å². The molecule has 8 rings (SSSR count). The first-order chi connectivity index (χ1) is 49.0. The number of amides is 4. The molecular weight excluding hydrogens is 1510 g/mol. The van der Waals surface area contributed by atoms with E-state index in [2.05, 4.69) is 55.0 Å².